The third kappa shape index (κ3) is 4.04. The minimum Gasteiger partial charge on any atom is -0.239 e. The van der Waals surface area contributed by atoms with Gasteiger partial charge in [-0.25, -0.2) is 4.03 Å². The van der Waals surface area contributed by atoms with Crippen molar-refractivity contribution < 1.29 is 4.21 Å². The second-order valence-electron chi connectivity index (χ2n) is 0.389. The fourth-order valence-electron chi connectivity index (χ4n) is 0.0373. The largest absolute Gasteiger partial charge is 0.239 e. The topological polar surface area (TPSA) is 29.4 Å². The first-order valence-corrected chi connectivity index (χ1v) is 3.22. The Kier molecular flexibility index (Phi) is 4.07. The van der Waals surface area contributed by atoms with E-state index in [-0.39, 0.29) is 11.5 Å². The van der Waals surface area contributed by atoms with Crippen molar-refractivity contribution in [2.75, 3.05) is 0 Å². The summed E-state index contributed by atoms with van der Waals surface area (Å²) in [7, 11) is 0.433. The van der Waals surface area contributed by atoms with Crippen LogP contribution in [0.5, 0.6) is 0 Å². The van der Waals surface area contributed by atoms with Gasteiger partial charge in [-0.3, -0.25) is 0 Å². The molecule has 0 fully saturated rings. The highest BCUT2D eigenvalue weighted by Gasteiger charge is 1.58. The van der Waals surface area contributed by atoms with Gasteiger partial charge in [0.25, 0.3) is 0 Å². The Hall–Kier alpha value is 0.0369. The lowest BCUT2D eigenvalue weighted by Crippen LogP contribution is -1.63. The van der Waals surface area contributed by atoms with Gasteiger partial charge in [-0.05, 0) is 6.55 Å². The first-order valence-electron chi connectivity index (χ1n) is 1.07. The molecule has 0 bridgehead atoms. The Morgan fingerprint density at radius 3 is 2.60 bits per heavy atom. The molecule has 0 saturated heterocycles. The first-order chi connectivity index (χ1) is 2.41. The minimum absolute atomic E-state index is 0.289. The molecule has 0 amide bonds. The normalized spacial score (nSPS) is 6.60. The van der Waals surface area contributed by atoms with E-state index in [4.69, 9.17) is 0 Å². The van der Waals surface area contributed by atoms with Crippen LogP contribution >= 0.6 is 0 Å². The van der Waals surface area contributed by atoms with Gasteiger partial charge < -0.3 is 0 Å². The van der Waals surface area contributed by atoms with Crippen LogP contribution < -0.4 is 0 Å². The zero-order chi connectivity index (χ0) is 4.12. The zero-order valence-corrected chi connectivity index (χ0v) is 4.58. The van der Waals surface area contributed by atoms with Crippen LogP contribution in [-0.4, -0.2) is 13.9 Å². The molecule has 0 aliphatic heterocycles. The van der Waals surface area contributed by atoms with E-state index in [1.807, 2.05) is 6.55 Å². The maximum atomic E-state index is 9.29. The fraction of sp³-hybridized carbons (Fsp3) is 1.00. The molecular formula is CH3NOSSi. The smallest absolute Gasteiger partial charge is 0.229 e. The van der Waals surface area contributed by atoms with E-state index < -0.39 is 0 Å². The van der Waals surface area contributed by atoms with Crippen molar-refractivity contribution >= 4 is 21.1 Å². The highest BCUT2D eigenvalue weighted by molar-refractivity contribution is 7.55. The van der Waals surface area contributed by atoms with Gasteiger partial charge in [-0.15, -0.1) is 0 Å². The van der Waals surface area contributed by atoms with Gasteiger partial charge in [0.2, 0.25) is 9.68 Å². The lowest BCUT2D eigenvalue weighted by molar-refractivity contribution is 0.699. The molecule has 0 N–H and O–H groups in total. The van der Waals surface area contributed by atoms with Crippen LogP contribution in [0.4, 0.5) is 0 Å². The van der Waals surface area contributed by atoms with E-state index in [1.54, 1.807) is 0 Å². The quantitative estimate of drug-likeness (QED) is 0.433. The fourth-order valence-corrected chi connectivity index (χ4v) is 0.335. The number of hydrogen-bond donors (Lipinski definition) is 0. The summed E-state index contributed by atoms with van der Waals surface area (Å²) in [5.74, 6) is 0. The summed E-state index contributed by atoms with van der Waals surface area (Å²) in [6.45, 7) is 1.85. The van der Waals surface area contributed by atoms with Gasteiger partial charge in [-0.1, -0.05) is 0 Å². The molecule has 0 atom stereocenters. The molecule has 0 aliphatic carbocycles. The van der Waals surface area contributed by atoms with Crippen molar-refractivity contribution in [3.05, 3.63) is 0 Å². The zero-order valence-electron chi connectivity index (χ0n) is 2.76. The van der Waals surface area contributed by atoms with Crippen molar-refractivity contribution in [3.8, 4) is 0 Å². The van der Waals surface area contributed by atoms with Gasteiger partial charge in [0.15, 0.2) is 11.5 Å². The molecule has 2 nitrogen and oxygen atoms in total. The van der Waals surface area contributed by atoms with Crippen LogP contribution in [0, 0.1) is 0 Å². The Labute approximate surface area is 36.7 Å². The molecule has 5 heavy (non-hydrogen) atoms. The third-order valence-corrected chi connectivity index (χ3v) is 1.16. The molecule has 4 heteroatoms. The van der Waals surface area contributed by atoms with Crippen LogP contribution in [0.25, 0.3) is 0 Å². The van der Waals surface area contributed by atoms with Crippen molar-refractivity contribution in [2.45, 2.75) is 6.55 Å². The monoisotopic (exact) mass is 105 g/mol. The maximum Gasteiger partial charge on any atom is 0.229 e. The summed E-state index contributed by atoms with van der Waals surface area (Å²) >= 11 is 0.289. The van der Waals surface area contributed by atoms with Crippen LogP contribution in [0.3, 0.4) is 0 Å². The van der Waals surface area contributed by atoms with Crippen LogP contribution in [0.2, 0.25) is 6.55 Å². The molecular weight excluding hydrogens is 102 g/mol. The SMILES string of the molecule is C[Si]N=S=O. The third-order valence-electron chi connectivity index (χ3n) is 0.129. The lowest BCUT2D eigenvalue weighted by Gasteiger charge is -1.53. The van der Waals surface area contributed by atoms with Crippen molar-refractivity contribution in [1.29, 1.82) is 0 Å². The average molecular weight is 105 g/mol. The number of hydrogen-bond acceptors (Lipinski definition) is 2. The summed E-state index contributed by atoms with van der Waals surface area (Å²) < 4.78 is 12.6. The standard InChI is InChI=1S/CH3NOSSi/c1-5-2-4-3/h1H3. The average Bonchev–Trinajstić information content (AvgIpc) is 1.41. The molecule has 0 aromatic heterocycles. The van der Waals surface area contributed by atoms with Gasteiger partial charge in [-0.2, -0.15) is 4.21 Å². The van der Waals surface area contributed by atoms with E-state index in [9.17, 15) is 4.21 Å². The highest BCUT2D eigenvalue weighted by Crippen LogP contribution is 1.50. The summed E-state index contributed by atoms with van der Waals surface area (Å²) in [6, 6.07) is 0. The molecule has 2 radical (unpaired) electrons. The van der Waals surface area contributed by atoms with Crippen LogP contribution in [0.1, 0.15) is 0 Å². The molecule has 0 saturated carbocycles. The van der Waals surface area contributed by atoms with Gasteiger partial charge in [0.1, 0.15) is 0 Å². The molecule has 0 spiro atoms. The second-order valence-corrected chi connectivity index (χ2v) is 1.72. The second kappa shape index (κ2) is 4.04. The first kappa shape index (κ1) is 5.04. The predicted octanol–water partition coefficient (Wildman–Crippen LogP) is 0.0503. The maximum absolute atomic E-state index is 9.29. The Morgan fingerprint density at radius 1 is 2.00 bits per heavy atom. The summed E-state index contributed by atoms with van der Waals surface area (Å²) in [5.41, 5.74) is 0. The lowest BCUT2D eigenvalue weighted by atomic mass is 11.9. The minimum atomic E-state index is 0.289. The van der Waals surface area contributed by atoms with E-state index in [0.29, 0.717) is 9.68 Å². The summed E-state index contributed by atoms with van der Waals surface area (Å²) in [4.78, 5) is 0. The van der Waals surface area contributed by atoms with Gasteiger partial charge in [0.05, 0.1) is 0 Å². The van der Waals surface area contributed by atoms with Crippen molar-refractivity contribution in [2.24, 2.45) is 4.03 Å². The van der Waals surface area contributed by atoms with Gasteiger partial charge >= 0.3 is 0 Å². The molecule has 0 aromatic carbocycles. The molecule has 0 rings (SSSR count). The Balaban J connectivity index is 2.93. The Morgan fingerprint density at radius 2 is 2.60 bits per heavy atom. The van der Waals surface area contributed by atoms with Crippen molar-refractivity contribution in [1.82, 2.24) is 0 Å². The molecule has 0 aliphatic rings. The molecule has 0 aromatic rings. The van der Waals surface area contributed by atoms with E-state index in [0.717, 1.165) is 0 Å². The summed E-state index contributed by atoms with van der Waals surface area (Å²) in [6.07, 6.45) is 0. The molecule has 28 valence electrons. The number of nitrogens with zero attached hydrogens (tertiary/aromatic N) is 1. The van der Waals surface area contributed by atoms with E-state index in [1.165, 1.54) is 0 Å². The Bertz CT molecular complexity index is 58.7. The summed E-state index contributed by atoms with van der Waals surface area (Å²) in [5, 5.41) is 0. The van der Waals surface area contributed by atoms with Crippen LogP contribution in [0.15, 0.2) is 4.03 Å². The van der Waals surface area contributed by atoms with Gasteiger partial charge in [0, 0.05) is 0 Å². The van der Waals surface area contributed by atoms with E-state index in [2.05, 4.69) is 4.03 Å². The van der Waals surface area contributed by atoms with E-state index >= 15 is 0 Å². The molecule has 0 heterocycles. The predicted molar refractivity (Wildman–Crippen MR) is 22.2 cm³/mol. The molecule has 0 unspecified atom stereocenters. The van der Waals surface area contributed by atoms with Crippen LogP contribution in [-0.2, 0) is 11.5 Å². The number of rotatable bonds is 1. The highest BCUT2D eigenvalue weighted by atomic mass is 32.1. The van der Waals surface area contributed by atoms with Crippen molar-refractivity contribution in [3.63, 3.8) is 0 Å².